The maximum Gasteiger partial charge on any atom is 0.0890 e. The lowest BCUT2D eigenvalue weighted by atomic mass is 9.95. The molecule has 0 fully saturated rings. The number of aromatic nitrogens is 2. The molecule has 2 unspecified atom stereocenters. The lowest BCUT2D eigenvalue weighted by molar-refractivity contribution is 0.157. The highest BCUT2D eigenvalue weighted by atomic mass is 16.3. The van der Waals surface area contributed by atoms with Gasteiger partial charge in [0.15, 0.2) is 0 Å². The molecule has 0 saturated carbocycles. The molecule has 2 atom stereocenters. The van der Waals surface area contributed by atoms with Crippen molar-refractivity contribution in [3.8, 4) is 0 Å². The van der Waals surface area contributed by atoms with Gasteiger partial charge in [0, 0.05) is 5.92 Å². The summed E-state index contributed by atoms with van der Waals surface area (Å²) in [5.74, 6) is 0.0621. The van der Waals surface area contributed by atoms with Gasteiger partial charge in [-0.3, -0.25) is 0 Å². The molecule has 2 aromatic rings. The highest BCUT2D eigenvalue weighted by Crippen LogP contribution is 2.25. The maximum atomic E-state index is 9.79. The average molecular weight is 230 g/mol. The van der Waals surface area contributed by atoms with Gasteiger partial charge < -0.3 is 5.11 Å². The van der Waals surface area contributed by atoms with E-state index in [1.165, 1.54) is 0 Å². The number of aryl methyl sites for hydroxylation is 1. The number of rotatable bonds is 3. The van der Waals surface area contributed by atoms with Crippen LogP contribution in [0.2, 0.25) is 0 Å². The van der Waals surface area contributed by atoms with E-state index < -0.39 is 6.10 Å². The third kappa shape index (κ3) is 2.29. The van der Waals surface area contributed by atoms with Crippen LogP contribution in [0.3, 0.4) is 0 Å². The summed E-state index contributed by atoms with van der Waals surface area (Å²) in [5, 5.41) is 9.79. The Kier molecular flexibility index (Phi) is 3.38. The Labute approximate surface area is 102 Å². The molecule has 0 spiro atoms. The van der Waals surface area contributed by atoms with Crippen molar-refractivity contribution in [2.24, 2.45) is 0 Å². The van der Waals surface area contributed by atoms with Crippen LogP contribution >= 0.6 is 0 Å². The van der Waals surface area contributed by atoms with E-state index in [0.717, 1.165) is 28.8 Å². The molecule has 0 aliphatic carbocycles. The number of nitrogens with zero attached hydrogens (tertiary/aromatic N) is 2. The van der Waals surface area contributed by atoms with Crippen LogP contribution in [-0.4, -0.2) is 21.2 Å². The summed E-state index contributed by atoms with van der Waals surface area (Å²) in [5.41, 5.74) is 3.64. The number of benzene rings is 1. The number of aliphatic hydroxyl groups is 1. The molecule has 17 heavy (non-hydrogen) atoms. The Hall–Kier alpha value is -1.48. The first-order chi connectivity index (χ1) is 8.13. The van der Waals surface area contributed by atoms with Gasteiger partial charge in [-0.05, 0) is 32.4 Å². The largest absolute Gasteiger partial charge is 0.393 e. The smallest absolute Gasteiger partial charge is 0.0890 e. The molecule has 0 saturated heterocycles. The zero-order valence-corrected chi connectivity index (χ0v) is 10.5. The van der Waals surface area contributed by atoms with Crippen LogP contribution in [0, 0.1) is 6.92 Å². The quantitative estimate of drug-likeness (QED) is 0.882. The third-order valence-corrected chi connectivity index (χ3v) is 3.15. The fraction of sp³-hybridized carbons (Fsp3) is 0.429. The molecule has 0 aliphatic rings. The molecule has 1 aromatic heterocycles. The van der Waals surface area contributed by atoms with Gasteiger partial charge in [-0.2, -0.15) is 0 Å². The van der Waals surface area contributed by atoms with Crippen molar-refractivity contribution in [2.45, 2.75) is 39.2 Å². The lowest BCUT2D eigenvalue weighted by Crippen LogP contribution is -2.17. The molecule has 0 amide bonds. The second kappa shape index (κ2) is 4.80. The Morgan fingerprint density at radius 1 is 1.18 bits per heavy atom. The van der Waals surface area contributed by atoms with Crippen LogP contribution in [0.5, 0.6) is 0 Å². The van der Waals surface area contributed by atoms with Gasteiger partial charge in [-0.25, -0.2) is 9.97 Å². The van der Waals surface area contributed by atoms with Crippen molar-refractivity contribution in [2.75, 3.05) is 0 Å². The van der Waals surface area contributed by atoms with E-state index in [9.17, 15) is 5.11 Å². The summed E-state index contributed by atoms with van der Waals surface area (Å²) in [6.07, 6.45) is 0.472. The third-order valence-electron chi connectivity index (χ3n) is 3.15. The highest BCUT2D eigenvalue weighted by molar-refractivity contribution is 5.74. The second-order valence-electron chi connectivity index (χ2n) is 4.44. The number of hydrogen-bond donors (Lipinski definition) is 1. The molecule has 0 radical (unpaired) electrons. The fourth-order valence-electron chi connectivity index (χ4n) is 2.22. The molecule has 0 aliphatic heterocycles. The van der Waals surface area contributed by atoms with E-state index in [4.69, 9.17) is 0 Å². The first kappa shape index (κ1) is 12.0. The van der Waals surface area contributed by atoms with Crippen molar-refractivity contribution < 1.29 is 5.11 Å². The molecule has 3 nitrogen and oxygen atoms in total. The number of hydrogen-bond acceptors (Lipinski definition) is 3. The predicted octanol–water partition coefficient (Wildman–Crippen LogP) is 2.81. The Morgan fingerprint density at radius 2 is 1.76 bits per heavy atom. The van der Waals surface area contributed by atoms with Crippen molar-refractivity contribution in [1.82, 2.24) is 9.97 Å². The minimum Gasteiger partial charge on any atom is -0.393 e. The lowest BCUT2D eigenvalue weighted by Gasteiger charge is -2.19. The van der Waals surface area contributed by atoms with E-state index in [0.29, 0.717) is 0 Å². The normalized spacial score (nSPS) is 14.8. The molecule has 1 aromatic carbocycles. The van der Waals surface area contributed by atoms with Gasteiger partial charge in [-0.1, -0.05) is 19.1 Å². The molecule has 1 heterocycles. The Balaban J connectivity index is 2.57. The maximum absolute atomic E-state index is 9.79. The number of para-hydroxylation sites is 2. The first-order valence-electron chi connectivity index (χ1n) is 6.04. The zero-order chi connectivity index (χ0) is 12.4. The van der Waals surface area contributed by atoms with Crippen LogP contribution in [0.1, 0.15) is 37.6 Å². The van der Waals surface area contributed by atoms with Crippen LogP contribution in [0.25, 0.3) is 11.0 Å². The molecular weight excluding hydrogens is 212 g/mol. The van der Waals surface area contributed by atoms with Crippen molar-refractivity contribution in [3.05, 3.63) is 35.7 Å². The number of fused-ring (bicyclic) bond motifs is 1. The zero-order valence-electron chi connectivity index (χ0n) is 10.5. The van der Waals surface area contributed by atoms with Gasteiger partial charge in [0.1, 0.15) is 0 Å². The standard InChI is InChI=1S/C14H18N2O/c1-4-11(10(3)17)14-9(2)15-12-7-5-6-8-13(12)16-14/h5-8,10-11,17H,4H2,1-3H3. The van der Waals surface area contributed by atoms with Crippen LogP contribution < -0.4 is 0 Å². The summed E-state index contributed by atoms with van der Waals surface area (Å²) in [6, 6.07) is 7.84. The number of aliphatic hydroxyl groups excluding tert-OH is 1. The van der Waals surface area contributed by atoms with Crippen molar-refractivity contribution in [1.29, 1.82) is 0 Å². The fourth-order valence-corrected chi connectivity index (χ4v) is 2.22. The van der Waals surface area contributed by atoms with Gasteiger partial charge >= 0.3 is 0 Å². The van der Waals surface area contributed by atoms with Crippen molar-refractivity contribution >= 4 is 11.0 Å². The van der Waals surface area contributed by atoms with Gasteiger partial charge in [0.2, 0.25) is 0 Å². The van der Waals surface area contributed by atoms with Gasteiger partial charge in [-0.15, -0.1) is 0 Å². The van der Waals surface area contributed by atoms with E-state index in [2.05, 4.69) is 16.9 Å². The Bertz CT molecular complexity index is 523. The van der Waals surface area contributed by atoms with Crippen molar-refractivity contribution in [3.63, 3.8) is 0 Å². The van der Waals surface area contributed by atoms with E-state index in [1.807, 2.05) is 38.1 Å². The molecule has 2 rings (SSSR count). The van der Waals surface area contributed by atoms with Crippen LogP contribution in [0.4, 0.5) is 0 Å². The molecular formula is C14H18N2O. The van der Waals surface area contributed by atoms with E-state index in [-0.39, 0.29) is 5.92 Å². The van der Waals surface area contributed by atoms with Crippen LogP contribution in [-0.2, 0) is 0 Å². The minimum absolute atomic E-state index is 0.0621. The van der Waals surface area contributed by atoms with Gasteiger partial charge in [0.05, 0.1) is 28.5 Å². The first-order valence-corrected chi connectivity index (χ1v) is 6.04. The summed E-state index contributed by atoms with van der Waals surface area (Å²) in [6.45, 7) is 5.83. The molecule has 90 valence electrons. The molecule has 3 heteroatoms. The summed E-state index contributed by atoms with van der Waals surface area (Å²) >= 11 is 0. The Morgan fingerprint density at radius 3 is 2.29 bits per heavy atom. The molecule has 1 N–H and O–H groups in total. The van der Waals surface area contributed by atoms with Crippen LogP contribution in [0.15, 0.2) is 24.3 Å². The summed E-state index contributed by atoms with van der Waals surface area (Å²) in [7, 11) is 0. The average Bonchev–Trinajstić information content (AvgIpc) is 2.30. The predicted molar refractivity (Wildman–Crippen MR) is 69.0 cm³/mol. The topological polar surface area (TPSA) is 46.0 Å². The molecule has 0 bridgehead atoms. The SMILES string of the molecule is CCC(c1nc2ccccc2nc1C)C(C)O. The van der Waals surface area contributed by atoms with E-state index >= 15 is 0 Å². The highest BCUT2D eigenvalue weighted by Gasteiger charge is 2.20. The summed E-state index contributed by atoms with van der Waals surface area (Å²) < 4.78 is 0. The second-order valence-corrected chi connectivity index (χ2v) is 4.44. The summed E-state index contributed by atoms with van der Waals surface area (Å²) in [4.78, 5) is 9.20. The minimum atomic E-state index is -0.394. The monoisotopic (exact) mass is 230 g/mol. The van der Waals surface area contributed by atoms with E-state index in [1.54, 1.807) is 0 Å². The van der Waals surface area contributed by atoms with Gasteiger partial charge in [0.25, 0.3) is 0 Å².